The van der Waals surface area contributed by atoms with Gasteiger partial charge in [0.05, 0.1) is 0 Å². The van der Waals surface area contributed by atoms with Crippen LogP contribution in [0, 0.1) is 0 Å². The van der Waals surface area contributed by atoms with E-state index in [9.17, 15) is 0 Å². The minimum absolute atomic E-state index is 1.16. The summed E-state index contributed by atoms with van der Waals surface area (Å²) in [5.41, 5.74) is 1.29. The molecule has 1 heteroatoms. The molecule has 0 unspecified atom stereocenters. The van der Waals surface area contributed by atoms with Gasteiger partial charge in [0.2, 0.25) is 0 Å². The van der Waals surface area contributed by atoms with Crippen molar-refractivity contribution in [1.29, 1.82) is 0 Å². The highest BCUT2D eigenvalue weighted by Gasteiger charge is 1.93. The fraction of sp³-hybridized carbons (Fsp3) is 0.400. The maximum Gasteiger partial charge on any atom is 0.00453 e. The van der Waals surface area contributed by atoms with E-state index in [0.29, 0.717) is 0 Å². The Morgan fingerprint density at radius 1 is 1.64 bits per heavy atom. The number of thiophene rings is 1. The Kier molecular flexibility index (Phi) is 3.37. The zero-order chi connectivity index (χ0) is 8.10. The van der Waals surface area contributed by atoms with Crippen molar-refractivity contribution in [2.45, 2.75) is 26.2 Å². The summed E-state index contributed by atoms with van der Waals surface area (Å²) >= 11 is 1.84. The molecule has 0 aromatic carbocycles. The number of rotatable bonds is 4. The lowest BCUT2D eigenvalue weighted by Crippen LogP contribution is -1.80. The third kappa shape index (κ3) is 3.38. The average Bonchev–Trinajstić information content (AvgIpc) is 2.39. The third-order valence-electron chi connectivity index (χ3n) is 1.61. The highest BCUT2D eigenvalue weighted by molar-refractivity contribution is 7.09. The van der Waals surface area contributed by atoms with Crippen molar-refractivity contribution in [1.82, 2.24) is 0 Å². The highest BCUT2D eigenvalue weighted by Crippen LogP contribution is 2.13. The zero-order valence-corrected chi connectivity index (χ0v) is 7.79. The molecule has 0 aliphatic rings. The fourth-order valence-electron chi connectivity index (χ4n) is 1.02. The predicted molar refractivity (Wildman–Crippen MR) is 52.1 cm³/mol. The third-order valence-corrected chi connectivity index (χ3v) is 2.54. The van der Waals surface area contributed by atoms with Crippen LogP contribution in [0.1, 0.15) is 24.6 Å². The molecule has 1 heterocycles. The van der Waals surface area contributed by atoms with Gasteiger partial charge in [-0.25, -0.2) is 0 Å². The van der Waals surface area contributed by atoms with Crippen molar-refractivity contribution in [2.75, 3.05) is 0 Å². The Bertz CT molecular complexity index is 209. The second kappa shape index (κ2) is 4.35. The molecular formula is C10H14S. The van der Waals surface area contributed by atoms with Crippen LogP contribution in [0.15, 0.2) is 29.7 Å². The molecule has 1 aromatic heterocycles. The van der Waals surface area contributed by atoms with E-state index < -0.39 is 0 Å². The van der Waals surface area contributed by atoms with Gasteiger partial charge in [-0.1, -0.05) is 11.6 Å². The minimum atomic E-state index is 1.16. The van der Waals surface area contributed by atoms with E-state index in [1.807, 2.05) is 11.3 Å². The fourth-order valence-corrected chi connectivity index (χ4v) is 1.77. The smallest absolute Gasteiger partial charge is 0.00453 e. The first-order chi connectivity index (χ1) is 5.29. The Morgan fingerprint density at radius 2 is 2.45 bits per heavy atom. The second-order valence-corrected chi connectivity index (χ2v) is 3.92. The molecule has 1 aromatic rings. The largest absolute Gasteiger partial charge is 0.149 e. The Labute approximate surface area is 72.6 Å². The van der Waals surface area contributed by atoms with Crippen LogP contribution in [-0.4, -0.2) is 0 Å². The Balaban J connectivity index is 2.19. The van der Waals surface area contributed by atoms with Crippen LogP contribution in [0.2, 0.25) is 0 Å². The van der Waals surface area contributed by atoms with Gasteiger partial charge in [0.25, 0.3) is 0 Å². The lowest BCUT2D eigenvalue weighted by molar-refractivity contribution is 0.824. The van der Waals surface area contributed by atoms with Gasteiger partial charge in [-0.15, -0.1) is 17.9 Å². The summed E-state index contributed by atoms with van der Waals surface area (Å²) in [6.45, 7) is 5.97. The number of allylic oxidation sites excluding steroid dienone is 1. The first kappa shape index (κ1) is 8.54. The minimum Gasteiger partial charge on any atom is -0.149 e. The maximum absolute atomic E-state index is 3.88. The van der Waals surface area contributed by atoms with Crippen molar-refractivity contribution in [3.8, 4) is 0 Å². The van der Waals surface area contributed by atoms with Crippen LogP contribution in [0.5, 0.6) is 0 Å². The first-order valence-corrected chi connectivity index (χ1v) is 4.84. The quantitative estimate of drug-likeness (QED) is 0.599. The highest BCUT2D eigenvalue weighted by atomic mass is 32.1. The molecule has 0 spiro atoms. The molecule has 0 atom stereocenters. The monoisotopic (exact) mass is 166 g/mol. The molecule has 0 aliphatic heterocycles. The molecular weight excluding hydrogens is 152 g/mol. The summed E-state index contributed by atoms with van der Waals surface area (Å²) in [4.78, 5) is 1.49. The molecule has 0 radical (unpaired) electrons. The van der Waals surface area contributed by atoms with Crippen LogP contribution in [0.4, 0.5) is 0 Å². The molecule has 0 amide bonds. The lowest BCUT2D eigenvalue weighted by Gasteiger charge is -1.96. The van der Waals surface area contributed by atoms with Gasteiger partial charge in [0.15, 0.2) is 0 Å². The van der Waals surface area contributed by atoms with Gasteiger partial charge in [-0.3, -0.25) is 0 Å². The van der Waals surface area contributed by atoms with Gasteiger partial charge >= 0.3 is 0 Å². The lowest BCUT2D eigenvalue weighted by atomic mass is 10.1. The molecule has 0 fully saturated rings. The standard InChI is InChI=1S/C10H14S/c1-9(2)5-3-6-10-7-4-8-11-10/h4,7-8H,1,3,5-6H2,2H3. The van der Waals surface area contributed by atoms with Crippen molar-refractivity contribution in [3.05, 3.63) is 34.5 Å². The van der Waals surface area contributed by atoms with Gasteiger partial charge in [-0.2, -0.15) is 0 Å². The normalized spacial score (nSPS) is 9.91. The van der Waals surface area contributed by atoms with E-state index in [1.165, 1.54) is 23.3 Å². The van der Waals surface area contributed by atoms with Crippen LogP contribution in [0.25, 0.3) is 0 Å². The maximum atomic E-state index is 3.88. The van der Waals surface area contributed by atoms with Crippen molar-refractivity contribution in [3.63, 3.8) is 0 Å². The van der Waals surface area contributed by atoms with Gasteiger partial charge in [-0.05, 0) is 37.6 Å². The molecule has 0 saturated carbocycles. The summed E-state index contributed by atoms with van der Waals surface area (Å²) in [5, 5.41) is 2.14. The summed E-state index contributed by atoms with van der Waals surface area (Å²) in [7, 11) is 0. The number of hydrogen-bond donors (Lipinski definition) is 0. The zero-order valence-electron chi connectivity index (χ0n) is 6.97. The van der Waals surface area contributed by atoms with Crippen LogP contribution < -0.4 is 0 Å². The topological polar surface area (TPSA) is 0 Å². The van der Waals surface area contributed by atoms with Gasteiger partial charge < -0.3 is 0 Å². The summed E-state index contributed by atoms with van der Waals surface area (Å²) in [6, 6.07) is 4.31. The molecule has 0 saturated heterocycles. The van der Waals surface area contributed by atoms with Crippen LogP contribution >= 0.6 is 11.3 Å². The molecule has 1 rings (SSSR count). The predicted octanol–water partition coefficient (Wildman–Crippen LogP) is 3.65. The summed E-state index contributed by atoms with van der Waals surface area (Å²) in [5.74, 6) is 0. The average molecular weight is 166 g/mol. The SMILES string of the molecule is C=C(C)CCCc1cccs1. The van der Waals surface area contributed by atoms with E-state index in [-0.39, 0.29) is 0 Å². The summed E-state index contributed by atoms with van der Waals surface area (Å²) in [6.07, 6.45) is 3.62. The molecule has 0 nitrogen and oxygen atoms in total. The van der Waals surface area contributed by atoms with Crippen molar-refractivity contribution < 1.29 is 0 Å². The molecule has 0 aliphatic carbocycles. The molecule has 11 heavy (non-hydrogen) atoms. The van der Waals surface area contributed by atoms with Gasteiger partial charge in [0.1, 0.15) is 0 Å². The van der Waals surface area contributed by atoms with E-state index >= 15 is 0 Å². The molecule has 0 N–H and O–H groups in total. The van der Waals surface area contributed by atoms with E-state index in [0.717, 1.165) is 6.42 Å². The molecule has 60 valence electrons. The van der Waals surface area contributed by atoms with E-state index in [1.54, 1.807) is 0 Å². The first-order valence-electron chi connectivity index (χ1n) is 3.96. The number of aryl methyl sites for hydroxylation is 1. The van der Waals surface area contributed by atoms with Crippen LogP contribution in [0.3, 0.4) is 0 Å². The second-order valence-electron chi connectivity index (χ2n) is 2.89. The van der Waals surface area contributed by atoms with E-state index in [4.69, 9.17) is 0 Å². The van der Waals surface area contributed by atoms with E-state index in [2.05, 4.69) is 31.0 Å². The Morgan fingerprint density at radius 3 is 3.00 bits per heavy atom. The van der Waals surface area contributed by atoms with Crippen molar-refractivity contribution >= 4 is 11.3 Å². The summed E-state index contributed by atoms with van der Waals surface area (Å²) < 4.78 is 0. The van der Waals surface area contributed by atoms with Crippen LogP contribution in [-0.2, 0) is 6.42 Å². The molecule has 0 bridgehead atoms. The van der Waals surface area contributed by atoms with Crippen molar-refractivity contribution in [2.24, 2.45) is 0 Å². The van der Waals surface area contributed by atoms with Gasteiger partial charge in [0, 0.05) is 4.88 Å². The Hall–Kier alpha value is -0.560. The number of hydrogen-bond acceptors (Lipinski definition) is 1.